The van der Waals surface area contributed by atoms with Crippen LogP contribution in [0, 0.1) is 0 Å². The van der Waals surface area contributed by atoms with Gasteiger partial charge in [0.25, 0.3) is 0 Å². The van der Waals surface area contributed by atoms with Crippen molar-refractivity contribution in [1.82, 2.24) is 9.97 Å². The molecule has 0 bridgehead atoms. The molecule has 0 saturated heterocycles. The summed E-state index contributed by atoms with van der Waals surface area (Å²) in [5.74, 6) is 2.58. The molecule has 1 aliphatic rings. The number of nitrogen functional groups attached to an aromatic ring is 1. The highest BCUT2D eigenvalue weighted by atomic mass is 15.1. The maximum atomic E-state index is 5.84. The second-order valence-corrected chi connectivity index (χ2v) is 5.52. The smallest absolute Gasteiger partial charge is 0.135 e. The molecular formula is C14H24N4. The molecule has 1 heterocycles. The summed E-state index contributed by atoms with van der Waals surface area (Å²) in [6.07, 6.45) is 7.83. The van der Waals surface area contributed by atoms with Crippen molar-refractivity contribution in [2.24, 2.45) is 0 Å². The van der Waals surface area contributed by atoms with Gasteiger partial charge in [-0.2, -0.15) is 0 Å². The van der Waals surface area contributed by atoms with Crippen molar-refractivity contribution in [3.63, 3.8) is 0 Å². The summed E-state index contributed by atoms with van der Waals surface area (Å²) in [7, 11) is 0. The van der Waals surface area contributed by atoms with Crippen molar-refractivity contribution in [3.8, 4) is 0 Å². The van der Waals surface area contributed by atoms with Crippen LogP contribution in [0.5, 0.6) is 0 Å². The molecule has 100 valence electrons. The first-order valence-corrected chi connectivity index (χ1v) is 7.06. The van der Waals surface area contributed by atoms with E-state index >= 15 is 0 Å². The van der Waals surface area contributed by atoms with Gasteiger partial charge in [0.15, 0.2) is 0 Å². The quantitative estimate of drug-likeness (QED) is 0.805. The highest BCUT2D eigenvalue weighted by Crippen LogP contribution is 2.22. The van der Waals surface area contributed by atoms with Gasteiger partial charge in [0.1, 0.15) is 17.5 Å². The molecule has 18 heavy (non-hydrogen) atoms. The molecule has 1 aromatic heterocycles. The molecule has 0 radical (unpaired) electrons. The molecule has 0 unspecified atom stereocenters. The Labute approximate surface area is 109 Å². The van der Waals surface area contributed by atoms with Gasteiger partial charge in [0.2, 0.25) is 0 Å². The normalized spacial score (nSPS) is 17.7. The Morgan fingerprint density at radius 3 is 2.44 bits per heavy atom. The zero-order chi connectivity index (χ0) is 13.0. The number of hydrogen-bond acceptors (Lipinski definition) is 4. The van der Waals surface area contributed by atoms with Crippen LogP contribution >= 0.6 is 0 Å². The van der Waals surface area contributed by atoms with Crippen LogP contribution in [-0.2, 0) is 0 Å². The fourth-order valence-corrected chi connectivity index (χ4v) is 2.45. The highest BCUT2D eigenvalue weighted by Gasteiger charge is 2.14. The minimum absolute atomic E-state index is 0.309. The molecule has 0 amide bonds. The zero-order valence-corrected chi connectivity index (χ0v) is 11.4. The third kappa shape index (κ3) is 3.59. The number of nitrogens with zero attached hydrogens (tertiary/aromatic N) is 2. The minimum atomic E-state index is 0.309. The van der Waals surface area contributed by atoms with Gasteiger partial charge in [0, 0.05) is 18.0 Å². The standard InChI is InChI=1S/C14H24N4/c1-10(2)14-17-12(15)9-13(18-14)16-11-7-5-3-4-6-8-11/h9-11H,3-8H2,1-2H3,(H3,15,16,17,18). The first-order valence-electron chi connectivity index (χ1n) is 7.06. The topological polar surface area (TPSA) is 63.8 Å². The molecule has 0 spiro atoms. The largest absolute Gasteiger partial charge is 0.384 e. The van der Waals surface area contributed by atoms with Gasteiger partial charge >= 0.3 is 0 Å². The number of nitrogens with one attached hydrogen (secondary N) is 1. The maximum absolute atomic E-state index is 5.84. The SMILES string of the molecule is CC(C)c1nc(N)cc(NC2CCCCCC2)n1. The molecule has 1 saturated carbocycles. The van der Waals surface area contributed by atoms with Gasteiger partial charge in [-0.3, -0.25) is 0 Å². The van der Waals surface area contributed by atoms with E-state index < -0.39 is 0 Å². The summed E-state index contributed by atoms with van der Waals surface area (Å²) in [4.78, 5) is 8.83. The second kappa shape index (κ2) is 6.03. The van der Waals surface area contributed by atoms with Crippen LogP contribution in [0.2, 0.25) is 0 Å². The molecule has 1 aromatic rings. The van der Waals surface area contributed by atoms with E-state index in [1.165, 1.54) is 38.5 Å². The molecule has 2 rings (SSSR count). The van der Waals surface area contributed by atoms with Crippen molar-refractivity contribution in [3.05, 3.63) is 11.9 Å². The average molecular weight is 248 g/mol. The number of hydrogen-bond donors (Lipinski definition) is 2. The van der Waals surface area contributed by atoms with Gasteiger partial charge < -0.3 is 11.1 Å². The molecule has 1 aliphatic carbocycles. The van der Waals surface area contributed by atoms with Crippen LogP contribution in [-0.4, -0.2) is 16.0 Å². The van der Waals surface area contributed by atoms with E-state index in [1.807, 2.05) is 6.07 Å². The summed E-state index contributed by atoms with van der Waals surface area (Å²) in [6, 6.07) is 2.39. The Morgan fingerprint density at radius 2 is 1.83 bits per heavy atom. The van der Waals surface area contributed by atoms with E-state index in [4.69, 9.17) is 5.73 Å². The average Bonchev–Trinajstić information content (AvgIpc) is 2.57. The monoisotopic (exact) mass is 248 g/mol. The summed E-state index contributed by atoms with van der Waals surface area (Å²) in [5.41, 5.74) is 5.84. The van der Waals surface area contributed by atoms with Crippen LogP contribution in [0.15, 0.2) is 6.07 Å². The van der Waals surface area contributed by atoms with Crippen molar-refractivity contribution < 1.29 is 0 Å². The Bertz CT molecular complexity index is 381. The maximum Gasteiger partial charge on any atom is 0.135 e. The van der Waals surface area contributed by atoms with Crippen LogP contribution in [0.25, 0.3) is 0 Å². The van der Waals surface area contributed by atoms with Crippen LogP contribution in [0.3, 0.4) is 0 Å². The first kappa shape index (κ1) is 13.1. The fourth-order valence-electron chi connectivity index (χ4n) is 2.45. The lowest BCUT2D eigenvalue weighted by Gasteiger charge is -2.18. The Morgan fingerprint density at radius 1 is 1.17 bits per heavy atom. The van der Waals surface area contributed by atoms with E-state index in [2.05, 4.69) is 29.1 Å². The number of nitrogens with two attached hydrogens (primary N) is 1. The lowest BCUT2D eigenvalue weighted by atomic mass is 10.1. The minimum Gasteiger partial charge on any atom is -0.384 e. The number of rotatable bonds is 3. The third-order valence-corrected chi connectivity index (χ3v) is 3.49. The van der Waals surface area contributed by atoms with E-state index in [9.17, 15) is 0 Å². The molecule has 4 nitrogen and oxygen atoms in total. The first-order chi connectivity index (χ1) is 8.65. The van der Waals surface area contributed by atoms with Crippen molar-refractivity contribution in [2.45, 2.75) is 64.3 Å². The predicted octanol–water partition coefficient (Wildman–Crippen LogP) is 3.32. The van der Waals surface area contributed by atoms with Gasteiger partial charge in [0.05, 0.1) is 0 Å². The number of anilines is 2. The lowest BCUT2D eigenvalue weighted by Crippen LogP contribution is -2.20. The summed E-state index contributed by atoms with van der Waals surface area (Å²) in [5, 5.41) is 3.53. The fraction of sp³-hybridized carbons (Fsp3) is 0.714. The molecule has 0 atom stereocenters. The Kier molecular flexibility index (Phi) is 4.39. The Hall–Kier alpha value is -1.32. The van der Waals surface area contributed by atoms with Gasteiger partial charge in [-0.05, 0) is 12.8 Å². The number of aromatic nitrogens is 2. The molecule has 0 aromatic carbocycles. The van der Waals surface area contributed by atoms with Gasteiger partial charge in [-0.1, -0.05) is 39.5 Å². The summed E-state index contributed by atoms with van der Waals surface area (Å²) < 4.78 is 0. The molecule has 3 N–H and O–H groups in total. The van der Waals surface area contributed by atoms with E-state index in [0.29, 0.717) is 17.8 Å². The van der Waals surface area contributed by atoms with Gasteiger partial charge in [-0.15, -0.1) is 0 Å². The van der Waals surface area contributed by atoms with Gasteiger partial charge in [-0.25, -0.2) is 9.97 Å². The zero-order valence-electron chi connectivity index (χ0n) is 11.4. The Balaban J connectivity index is 2.07. The van der Waals surface area contributed by atoms with Crippen molar-refractivity contribution in [2.75, 3.05) is 11.1 Å². The molecule has 1 fully saturated rings. The highest BCUT2D eigenvalue weighted by molar-refractivity contribution is 5.45. The lowest BCUT2D eigenvalue weighted by molar-refractivity contribution is 0.616. The predicted molar refractivity (Wildman–Crippen MR) is 75.6 cm³/mol. The van der Waals surface area contributed by atoms with Crippen LogP contribution < -0.4 is 11.1 Å². The molecular weight excluding hydrogens is 224 g/mol. The van der Waals surface area contributed by atoms with E-state index in [-0.39, 0.29) is 0 Å². The van der Waals surface area contributed by atoms with Crippen LogP contribution in [0.4, 0.5) is 11.6 Å². The second-order valence-electron chi connectivity index (χ2n) is 5.52. The summed E-state index contributed by atoms with van der Waals surface area (Å²) >= 11 is 0. The van der Waals surface area contributed by atoms with E-state index in [1.54, 1.807) is 0 Å². The third-order valence-electron chi connectivity index (χ3n) is 3.49. The van der Waals surface area contributed by atoms with Crippen molar-refractivity contribution >= 4 is 11.6 Å². The molecule has 4 heteroatoms. The van der Waals surface area contributed by atoms with Crippen molar-refractivity contribution in [1.29, 1.82) is 0 Å². The van der Waals surface area contributed by atoms with Crippen LogP contribution in [0.1, 0.15) is 64.1 Å². The molecule has 0 aliphatic heterocycles. The van der Waals surface area contributed by atoms with E-state index in [0.717, 1.165) is 11.6 Å². The summed E-state index contributed by atoms with van der Waals surface area (Å²) in [6.45, 7) is 4.18.